The second kappa shape index (κ2) is 6.48. The Kier molecular flexibility index (Phi) is 4.17. The Bertz CT molecular complexity index is 942. The van der Waals surface area contributed by atoms with E-state index in [1.54, 1.807) is 0 Å². The van der Waals surface area contributed by atoms with Crippen molar-refractivity contribution in [2.45, 2.75) is 39.2 Å². The number of aromatic nitrogens is 3. The molecule has 3 heterocycles. The Morgan fingerprint density at radius 3 is 2.96 bits per heavy atom. The van der Waals surface area contributed by atoms with Gasteiger partial charge in [-0.05, 0) is 56.3 Å². The van der Waals surface area contributed by atoms with E-state index in [1.165, 1.54) is 5.56 Å². The summed E-state index contributed by atoms with van der Waals surface area (Å²) in [5.74, 6) is 1.48. The normalized spacial score (nSPS) is 18.7. The zero-order valence-electron chi connectivity index (χ0n) is 14.8. The van der Waals surface area contributed by atoms with Gasteiger partial charge in [0.05, 0.1) is 5.52 Å². The van der Waals surface area contributed by atoms with Gasteiger partial charge in [-0.1, -0.05) is 11.6 Å². The first kappa shape index (κ1) is 16.1. The van der Waals surface area contributed by atoms with Crippen LogP contribution in [0.25, 0.3) is 10.9 Å². The van der Waals surface area contributed by atoms with Crippen LogP contribution in [0.3, 0.4) is 0 Å². The van der Waals surface area contributed by atoms with Crippen molar-refractivity contribution < 1.29 is 0 Å². The molecule has 1 aliphatic heterocycles. The van der Waals surface area contributed by atoms with Gasteiger partial charge < -0.3 is 9.97 Å². The predicted octanol–water partition coefficient (Wildman–Crippen LogP) is 3.25. The van der Waals surface area contributed by atoms with Crippen LogP contribution in [0, 0.1) is 13.8 Å². The second-order valence-electron chi connectivity index (χ2n) is 7.22. The standard InChI is InChI=1S/C20H24N4O/c1-13-8-14(2)18-16(9-13)10-17(20(25)23-18)12-24-7-3-4-15(11-24)19-21-5-6-22-19/h5-6,8-10,15H,3-4,7,11-12H2,1-2H3,(H,21,22)(H,23,25)/t15-/m1/s1. The molecule has 5 heteroatoms. The van der Waals surface area contributed by atoms with Crippen LogP contribution in [0.1, 0.15) is 41.3 Å². The number of nitrogens with one attached hydrogen (secondary N) is 2. The van der Waals surface area contributed by atoms with Crippen molar-refractivity contribution >= 4 is 10.9 Å². The average Bonchev–Trinajstić information content (AvgIpc) is 3.11. The number of benzene rings is 1. The van der Waals surface area contributed by atoms with Crippen LogP contribution >= 0.6 is 0 Å². The van der Waals surface area contributed by atoms with Gasteiger partial charge in [0.25, 0.3) is 5.56 Å². The molecule has 2 aromatic heterocycles. The summed E-state index contributed by atoms with van der Waals surface area (Å²) in [7, 11) is 0. The maximum atomic E-state index is 12.6. The van der Waals surface area contributed by atoms with E-state index in [9.17, 15) is 4.79 Å². The smallest absolute Gasteiger partial charge is 0.252 e. The van der Waals surface area contributed by atoms with E-state index in [2.05, 4.69) is 45.0 Å². The molecule has 0 bridgehead atoms. The van der Waals surface area contributed by atoms with Crippen molar-refractivity contribution in [3.8, 4) is 0 Å². The molecule has 0 unspecified atom stereocenters. The number of pyridine rings is 1. The number of aryl methyl sites for hydroxylation is 2. The van der Waals surface area contributed by atoms with Crippen LogP contribution in [0.2, 0.25) is 0 Å². The molecule has 0 aliphatic carbocycles. The van der Waals surface area contributed by atoms with Gasteiger partial charge in [0.2, 0.25) is 0 Å². The Morgan fingerprint density at radius 2 is 2.16 bits per heavy atom. The molecule has 0 saturated carbocycles. The molecule has 1 aromatic carbocycles. The van der Waals surface area contributed by atoms with Crippen LogP contribution in [0.5, 0.6) is 0 Å². The highest BCUT2D eigenvalue weighted by molar-refractivity contribution is 5.82. The summed E-state index contributed by atoms with van der Waals surface area (Å²) in [5, 5.41) is 1.12. The van der Waals surface area contributed by atoms with Gasteiger partial charge in [-0.15, -0.1) is 0 Å². The van der Waals surface area contributed by atoms with Crippen molar-refractivity contribution in [1.82, 2.24) is 19.9 Å². The van der Waals surface area contributed by atoms with E-state index in [1.807, 2.05) is 19.3 Å². The zero-order chi connectivity index (χ0) is 17.4. The molecule has 5 nitrogen and oxygen atoms in total. The fourth-order valence-electron chi connectivity index (χ4n) is 4.01. The number of aromatic amines is 2. The molecule has 1 fully saturated rings. The highest BCUT2D eigenvalue weighted by atomic mass is 16.1. The molecule has 0 amide bonds. The van der Waals surface area contributed by atoms with Crippen molar-refractivity contribution in [1.29, 1.82) is 0 Å². The number of fused-ring (bicyclic) bond motifs is 1. The zero-order valence-corrected chi connectivity index (χ0v) is 14.8. The highest BCUT2D eigenvalue weighted by Crippen LogP contribution is 2.25. The minimum atomic E-state index is 0.0274. The lowest BCUT2D eigenvalue weighted by atomic mass is 9.97. The number of H-pyrrole nitrogens is 2. The second-order valence-corrected chi connectivity index (χ2v) is 7.22. The van der Waals surface area contributed by atoms with Gasteiger partial charge in [0.15, 0.2) is 0 Å². The number of rotatable bonds is 3. The third-order valence-electron chi connectivity index (χ3n) is 5.18. The van der Waals surface area contributed by atoms with Crippen molar-refractivity contribution in [3.05, 3.63) is 63.5 Å². The number of piperidine rings is 1. The summed E-state index contributed by atoms with van der Waals surface area (Å²) in [6.07, 6.45) is 5.98. The lowest BCUT2D eigenvalue weighted by molar-refractivity contribution is 0.196. The van der Waals surface area contributed by atoms with Crippen molar-refractivity contribution in [2.24, 2.45) is 0 Å². The molecule has 25 heavy (non-hydrogen) atoms. The van der Waals surface area contributed by atoms with Crippen LogP contribution < -0.4 is 5.56 Å². The number of imidazole rings is 1. The summed E-state index contributed by atoms with van der Waals surface area (Å²) >= 11 is 0. The number of hydrogen-bond donors (Lipinski definition) is 2. The van der Waals surface area contributed by atoms with Crippen molar-refractivity contribution in [3.63, 3.8) is 0 Å². The molecule has 1 aliphatic rings. The minimum absolute atomic E-state index is 0.0274. The third-order valence-corrected chi connectivity index (χ3v) is 5.18. The summed E-state index contributed by atoms with van der Waals surface area (Å²) in [6, 6.07) is 6.31. The number of likely N-dealkylation sites (tertiary alicyclic amines) is 1. The van der Waals surface area contributed by atoms with Gasteiger partial charge in [0.1, 0.15) is 5.82 Å². The van der Waals surface area contributed by atoms with Gasteiger partial charge >= 0.3 is 0 Å². The van der Waals surface area contributed by atoms with Crippen LogP contribution in [0.4, 0.5) is 0 Å². The van der Waals surface area contributed by atoms with Crippen molar-refractivity contribution in [2.75, 3.05) is 13.1 Å². The Balaban J connectivity index is 1.60. The summed E-state index contributed by atoms with van der Waals surface area (Å²) < 4.78 is 0. The quantitative estimate of drug-likeness (QED) is 0.772. The third kappa shape index (κ3) is 3.24. The van der Waals surface area contributed by atoms with E-state index in [-0.39, 0.29) is 5.56 Å². The maximum absolute atomic E-state index is 12.6. The highest BCUT2D eigenvalue weighted by Gasteiger charge is 2.23. The van der Waals surface area contributed by atoms with Gasteiger partial charge in [0, 0.05) is 37.0 Å². The van der Waals surface area contributed by atoms with E-state index in [4.69, 9.17) is 0 Å². The fourth-order valence-corrected chi connectivity index (χ4v) is 4.01. The average molecular weight is 336 g/mol. The summed E-state index contributed by atoms with van der Waals surface area (Å²) in [4.78, 5) is 25.6. The first-order valence-corrected chi connectivity index (χ1v) is 8.95. The maximum Gasteiger partial charge on any atom is 0.252 e. The Labute approximate surface area is 147 Å². The van der Waals surface area contributed by atoms with E-state index in [0.717, 1.165) is 53.8 Å². The molecular formula is C20H24N4O. The lowest BCUT2D eigenvalue weighted by Gasteiger charge is -2.31. The molecule has 2 N–H and O–H groups in total. The summed E-state index contributed by atoms with van der Waals surface area (Å²) in [6.45, 7) is 6.80. The predicted molar refractivity (Wildman–Crippen MR) is 99.9 cm³/mol. The van der Waals surface area contributed by atoms with Gasteiger partial charge in [-0.25, -0.2) is 4.98 Å². The minimum Gasteiger partial charge on any atom is -0.348 e. The first-order valence-electron chi connectivity index (χ1n) is 8.95. The number of nitrogens with zero attached hydrogens (tertiary/aromatic N) is 2. The molecule has 3 aromatic rings. The summed E-state index contributed by atoms with van der Waals surface area (Å²) in [5.41, 5.74) is 4.16. The Morgan fingerprint density at radius 1 is 1.28 bits per heavy atom. The first-order chi connectivity index (χ1) is 12.1. The lowest BCUT2D eigenvalue weighted by Crippen LogP contribution is -2.35. The van der Waals surface area contributed by atoms with E-state index in [0.29, 0.717) is 12.5 Å². The van der Waals surface area contributed by atoms with Gasteiger partial charge in [-0.2, -0.15) is 0 Å². The largest absolute Gasteiger partial charge is 0.348 e. The van der Waals surface area contributed by atoms with E-state index < -0.39 is 0 Å². The molecule has 1 atom stereocenters. The van der Waals surface area contributed by atoms with E-state index >= 15 is 0 Å². The topological polar surface area (TPSA) is 64.8 Å². The molecule has 130 valence electrons. The SMILES string of the molecule is Cc1cc(C)c2[nH]c(=O)c(CN3CCC[C@@H](c4ncc[nH]4)C3)cc2c1. The monoisotopic (exact) mass is 336 g/mol. The fraction of sp³-hybridized carbons (Fsp3) is 0.400. The molecular weight excluding hydrogens is 312 g/mol. The molecule has 0 radical (unpaired) electrons. The van der Waals surface area contributed by atoms with Gasteiger partial charge in [-0.3, -0.25) is 9.69 Å². The van der Waals surface area contributed by atoms with Crippen LogP contribution in [-0.2, 0) is 6.54 Å². The molecule has 4 rings (SSSR count). The number of hydrogen-bond acceptors (Lipinski definition) is 3. The van der Waals surface area contributed by atoms with Crippen LogP contribution in [-0.4, -0.2) is 32.9 Å². The Hall–Kier alpha value is -2.40. The molecule has 1 saturated heterocycles. The van der Waals surface area contributed by atoms with Crippen LogP contribution in [0.15, 0.2) is 35.4 Å². The molecule has 0 spiro atoms.